The van der Waals surface area contributed by atoms with Gasteiger partial charge in [-0.3, -0.25) is 14.4 Å². The van der Waals surface area contributed by atoms with Gasteiger partial charge in [-0.05, 0) is 19.3 Å². The maximum atomic E-state index is 12.3. The van der Waals surface area contributed by atoms with E-state index in [0.29, 0.717) is 6.42 Å². The fourth-order valence-electron chi connectivity index (χ4n) is 1.96. The Hall–Kier alpha value is -2.20. The predicted molar refractivity (Wildman–Crippen MR) is 89.3 cm³/mol. The highest BCUT2D eigenvalue weighted by atomic mass is 16.4. The van der Waals surface area contributed by atoms with Crippen molar-refractivity contribution < 1.29 is 29.4 Å². The summed E-state index contributed by atoms with van der Waals surface area (Å²) in [4.78, 5) is 46.7. The number of carboxylic acid groups (broad SMARTS) is 1. The number of carbonyl (C=O) groups excluding carboxylic acids is 3. The number of aliphatic carboxylic acids is 1. The zero-order chi connectivity index (χ0) is 19.6. The third-order valence-corrected chi connectivity index (χ3v) is 3.28. The summed E-state index contributed by atoms with van der Waals surface area (Å²) in [5.41, 5.74) is 5.30. The molecule has 0 aliphatic carbocycles. The molecule has 0 bridgehead atoms. The lowest BCUT2D eigenvalue weighted by Crippen LogP contribution is -2.55. The van der Waals surface area contributed by atoms with Crippen LogP contribution in [0.2, 0.25) is 0 Å². The lowest BCUT2D eigenvalue weighted by molar-refractivity contribution is -0.143. The fourth-order valence-corrected chi connectivity index (χ4v) is 1.96. The van der Waals surface area contributed by atoms with E-state index in [9.17, 15) is 19.2 Å². The van der Waals surface area contributed by atoms with Gasteiger partial charge in [0.25, 0.3) is 0 Å². The maximum absolute atomic E-state index is 12.3. The third kappa shape index (κ3) is 9.01. The molecule has 3 amide bonds. The summed E-state index contributed by atoms with van der Waals surface area (Å²) in [6, 6.07) is -3.33. The molecular formula is C15H28N4O6. The molecule has 0 spiro atoms. The minimum absolute atomic E-state index is 0.0781. The van der Waals surface area contributed by atoms with Crippen molar-refractivity contribution in [1.29, 1.82) is 0 Å². The second kappa shape index (κ2) is 11.4. The van der Waals surface area contributed by atoms with Gasteiger partial charge in [-0.1, -0.05) is 13.8 Å². The molecule has 0 aromatic heterocycles. The van der Waals surface area contributed by atoms with Gasteiger partial charge in [-0.15, -0.1) is 0 Å². The molecule has 0 aliphatic rings. The van der Waals surface area contributed by atoms with Crippen LogP contribution in [0.1, 0.15) is 33.6 Å². The average Bonchev–Trinajstić information content (AvgIpc) is 2.50. The first-order valence-corrected chi connectivity index (χ1v) is 8.06. The molecule has 0 saturated carbocycles. The Morgan fingerprint density at radius 3 is 2.00 bits per heavy atom. The first kappa shape index (κ1) is 22.8. The van der Waals surface area contributed by atoms with Gasteiger partial charge in [0, 0.05) is 13.0 Å². The molecule has 25 heavy (non-hydrogen) atoms. The molecule has 0 aromatic carbocycles. The maximum Gasteiger partial charge on any atom is 0.328 e. The van der Waals surface area contributed by atoms with Crippen LogP contribution in [0.4, 0.5) is 0 Å². The van der Waals surface area contributed by atoms with Crippen molar-refractivity contribution in [2.75, 3.05) is 13.2 Å². The van der Waals surface area contributed by atoms with Crippen LogP contribution in [0.15, 0.2) is 0 Å². The normalized spacial score (nSPS) is 14.3. The Morgan fingerprint density at radius 2 is 1.56 bits per heavy atom. The number of hydrogen-bond acceptors (Lipinski definition) is 6. The Kier molecular flexibility index (Phi) is 10.4. The average molecular weight is 360 g/mol. The zero-order valence-electron chi connectivity index (χ0n) is 14.7. The molecule has 10 heteroatoms. The molecule has 10 nitrogen and oxygen atoms in total. The topological polar surface area (TPSA) is 171 Å². The van der Waals surface area contributed by atoms with E-state index in [2.05, 4.69) is 16.0 Å². The molecule has 0 heterocycles. The molecule has 0 saturated heterocycles. The SMILES string of the molecule is CC(C)C[C@H](NC(=O)CCN)C(=O)N[C@@H](C)C(=O)N[C@@H](CO)C(=O)O. The second-order valence-corrected chi connectivity index (χ2v) is 6.10. The van der Waals surface area contributed by atoms with E-state index in [0.717, 1.165) is 0 Å². The van der Waals surface area contributed by atoms with Crippen LogP contribution in [0.3, 0.4) is 0 Å². The Morgan fingerprint density at radius 1 is 0.960 bits per heavy atom. The number of carboxylic acids is 1. The number of carbonyl (C=O) groups is 4. The molecule has 0 aliphatic heterocycles. The molecule has 0 rings (SSSR count). The minimum Gasteiger partial charge on any atom is -0.480 e. The molecular weight excluding hydrogens is 332 g/mol. The number of amides is 3. The summed E-state index contributed by atoms with van der Waals surface area (Å²) in [7, 11) is 0. The van der Waals surface area contributed by atoms with Gasteiger partial charge in [-0.25, -0.2) is 4.79 Å². The van der Waals surface area contributed by atoms with Gasteiger partial charge in [0.2, 0.25) is 17.7 Å². The number of aliphatic hydroxyl groups excluding tert-OH is 1. The van der Waals surface area contributed by atoms with Crippen LogP contribution in [0.25, 0.3) is 0 Å². The summed E-state index contributed by atoms with van der Waals surface area (Å²) >= 11 is 0. The van der Waals surface area contributed by atoms with E-state index in [1.54, 1.807) is 0 Å². The van der Waals surface area contributed by atoms with E-state index in [4.69, 9.17) is 15.9 Å². The number of aliphatic hydroxyl groups is 1. The fraction of sp³-hybridized carbons (Fsp3) is 0.733. The standard InChI is InChI=1S/C15H28N4O6/c1-8(2)6-10(18-12(21)4-5-16)14(23)17-9(3)13(22)19-11(7-20)15(24)25/h8-11,20H,4-7,16H2,1-3H3,(H,17,23)(H,18,21)(H,19,22)(H,24,25)/t9-,10-,11-/m0/s1. The highest BCUT2D eigenvalue weighted by molar-refractivity contribution is 5.93. The monoisotopic (exact) mass is 360 g/mol. The van der Waals surface area contributed by atoms with Crippen LogP contribution in [0.5, 0.6) is 0 Å². The van der Waals surface area contributed by atoms with Gasteiger partial charge < -0.3 is 31.9 Å². The van der Waals surface area contributed by atoms with Gasteiger partial charge in [-0.2, -0.15) is 0 Å². The molecule has 0 unspecified atom stereocenters. The summed E-state index contributed by atoms with van der Waals surface area (Å²) in [5.74, 6) is -2.96. The summed E-state index contributed by atoms with van der Waals surface area (Å²) < 4.78 is 0. The van der Waals surface area contributed by atoms with Gasteiger partial charge in [0.05, 0.1) is 6.61 Å². The van der Waals surface area contributed by atoms with E-state index in [1.807, 2.05) is 13.8 Å². The molecule has 0 fully saturated rings. The molecule has 0 aromatic rings. The lowest BCUT2D eigenvalue weighted by Gasteiger charge is -2.23. The second-order valence-electron chi connectivity index (χ2n) is 6.10. The van der Waals surface area contributed by atoms with Crippen LogP contribution in [0, 0.1) is 5.92 Å². The molecule has 3 atom stereocenters. The number of nitrogens with one attached hydrogen (secondary N) is 3. The summed E-state index contributed by atoms with van der Waals surface area (Å²) in [6.45, 7) is 4.51. The third-order valence-electron chi connectivity index (χ3n) is 3.28. The number of hydrogen-bond donors (Lipinski definition) is 6. The number of rotatable bonds is 11. The van der Waals surface area contributed by atoms with Crippen molar-refractivity contribution in [3.8, 4) is 0 Å². The van der Waals surface area contributed by atoms with Crippen molar-refractivity contribution in [2.45, 2.75) is 51.7 Å². The first-order valence-electron chi connectivity index (χ1n) is 8.06. The zero-order valence-corrected chi connectivity index (χ0v) is 14.7. The van der Waals surface area contributed by atoms with Crippen molar-refractivity contribution in [3.63, 3.8) is 0 Å². The first-order chi connectivity index (χ1) is 11.6. The molecule has 0 radical (unpaired) electrons. The van der Waals surface area contributed by atoms with Crippen LogP contribution < -0.4 is 21.7 Å². The smallest absolute Gasteiger partial charge is 0.328 e. The van der Waals surface area contributed by atoms with Crippen molar-refractivity contribution in [1.82, 2.24) is 16.0 Å². The van der Waals surface area contributed by atoms with E-state index >= 15 is 0 Å². The van der Waals surface area contributed by atoms with Crippen LogP contribution >= 0.6 is 0 Å². The van der Waals surface area contributed by atoms with Crippen molar-refractivity contribution in [2.24, 2.45) is 11.7 Å². The highest BCUT2D eigenvalue weighted by Crippen LogP contribution is 2.06. The Balaban J connectivity index is 4.81. The summed E-state index contributed by atoms with van der Waals surface area (Å²) in [5, 5.41) is 24.8. The van der Waals surface area contributed by atoms with Crippen LogP contribution in [-0.2, 0) is 19.2 Å². The van der Waals surface area contributed by atoms with E-state index in [1.165, 1.54) is 6.92 Å². The minimum atomic E-state index is -1.46. The molecule has 7 N–H and O–H groups in total. The van der Waals surface area contributed by atoms with E-state index in [-0.39, 0.29) is 24.8 Å². The Bertz CT molecular complexity index is 483. The predicted octanol–water partition coefficient (Wildman–Crippen LogP) is -2.07. The molecule has 144 valence electrons. The van der Waals surface area contributed by atoms with Crippen molar-refractivity contribution in [3.05, 3.63) is 0 Å². The lowest BCUT2D eigenvalue weighted by atomic mass is 10.0. The Labute approximate surface area is 146 Å². The van der Waals surface area contributed by atoms with E-state index < -0.39 is 42.5 Å². The quantitative estimate of drug-likeness (QED) is 0.246. The number of nitrogens with two attached hydrogens (primary N) is 1. The van der Waals surface area contributed by atoms with Gasteiger partial charge >= 0.3 is 5.97 Å². The van der Waals surface area contributed by atoms with Gasteiger partial charge in [0.15, 0.2) is 0 Å². The van der Waals surface area contributed by atoms with Gasteiger partial charge in [0.1, 0.15) is 18.1 Å². The van der Waals surface area contributed by atoms with Crippen LogP contribution in [-0.4, -0.2) is 65.2 Å². The summed E-state index contributed by atoms with van der Waals surface area (Å²) in [6.07, 6.45) is 0.444. The van der Waals surface area contributed by atoms with Crippen molar-refractivity contribution >= 4 is 23.7 Å². The highest BCUT2D eigenvalue weighted by Gasteiger charge is 2.27. The largest absolute Gasteiger partial charge is 0.480 e.